The van der Waals surface area contributed by atoms with Crippen LogP contribution >= 0.6 is 0 Å². The molecule has 0 heterocycles. The molecule has 0 saturated heterocycles. The van der Waals surface area contributed by atoms with Crippen LogP contribution in [-0.2, 0) is 0 Å². The minimum Gasteiger partial charge on any atom is -0.406 e. The number of hydrogen-bond acceptors (Lipinski definition) is 2. The van der Waals surface area contributed by atoms with Gasteiger partial charge in [-0.05, 0) is 19.1 Å². The summed E-state index contributed by atoms with van der Waals surface area (Å²) in [5, 5.41) is 0. The molecule has 0 aliphatic carbocycles. The largest absolute Gasteiger partial charge is 0.573 e. The molecule has 0 aromatic heterocycles. The van der Waals surface area contributed by atoms with Crippen molar-refractivity contribution >= 4 is 5.78 Å². The standard InChI is InChI=1S/C9H6F4O2/c1-5(14)6-2-7(10)4-8(3-6)15-9(11,12)13/h2-4H,1H3. The Kier molecular flexibility index (Phi) is 2.97. The van der Waals surface area contributed by atoms with Gasteiger partial charge in [-0.2, -0.15) is 0 Å². The quantitative estimate of drug-likeness (QED) is 0.568. The van der Waals surface area contributed by atoms with E-state index in [2.05, 4.69) is 4.74 Å². The van der Waals surface area contributed by atoms with Gasteiger partial charge >= 0.3 is 6.36 Å². The Bertz CT molecular complexity index is 384. The molecule has 0 saturated carbocycles. The van der Waals surface area contributed by atoms with E-state index < -0.39 is 23.7 Å². The van der Waals surface area contributed by atoms with Crippen LogP contribution in [0.3, 0.4) is 0 Å². The number of alkyl halides is 3. The lowest BCUT2D eigenvalue weighted by molar-refractivity contribution is -0.274. The maximum atomic E-state index is 12.8. The van der Waals surface area contributed by atoms with Crippen LogP contribution in [0, 0.1) is 5.82 Å². The molecule has 0 aliphatic heterocycles. The highest BCUT2D eigenvalue weighted by Crippen LogP contribution is 2.24. The number of halogens is 4. The first-order valence-electron chi connectivity index (χ1n) is 3.85. The summed E-state index contributed by atoms with van der Waals surface area (Å²) in [6.45, 7) is 1.12. The zero-order chi connectivity index (χ0) is 11.6. The van der Waals surface area contributed by atoms with E-state index in [1.54, 1.807) is 0 Å². The first kappa shape index (κ1) is 11.5. The highest BCUT2D eigenvalue weighted by molar-refractivity contribution is 5.94. The van der Waals surface area contributed by atoms with Crippen molar-refractivity contribution in [3.63, 3.8) is 0 Å². The van der Waals surface area contributed by atoms with Crippen LogP contribution in [0.5, 0.6) is 5.75 Å². The van der Waals surface area contributed by atoms with Crippen LogP contribution in [-0.4, -0.2) is 12.1 Å². The Hall–Kier alpha value is -1.59. The second-order valence-corrected chi connectivity index (χ2v) is 2.78. The molecule has 0 atom stereocenters. The molecule has 0 spiro atoms. The van der Waals surface area contributed by atoms with E-state index in [9.17, 15) is 22.4 Å². The number of carbonyl (C=O) groups is 1. The third-order valence-electron chi connectivity index (χ3n) is 1.51. The second kappa shape index (κ2) is 3.88. The first-order chi connectivity index (χ1) is 6.78. The molecular weight excluding hydrogens is 216 g/mol. The van der Waals surface area contributed by atoms with Crippen LogP contribution in [0.15, 0.2) is 18.2 Å². The van der Waals surface area contributed by atoms with Crippen LogP contribution in [0.4, 0.5) is 17.6 Å². The zero-order valence-electron chi connectivity index (χ0n) is 7.56. The molecule has 0 N–H and O–H groups in total. The summed E-state index contributed by atoms with van der Waals surface area (Å²) in [6, 6.07) is 2.23. The van der Waals surface area contributed by atoms with Gasteiger partial charge in [-0.25, -0.2) is 4.39 Å². The number of Topliss-reactive ketones (excluding diaryl/α,β-unsaturated/α-hetero) is 1. The average molecular weight is 222 g/mol. The predicted molar refractivity (Wildman–Crippen MR) is 43.1 cm³/mol. The van der Waals surface area contributed by atoms with Gasteiger partial charge in [-0.15, -0.1) is 13.2 Å². The summed E-state index contributed by atoms with van der Waals surface area (Å²) in [5.41, 5.74) is -0.172. The molecule has 2 nitrogen and oxygen atoms in total. The average Bonchev–Trinajstić information content (AvgIpc) is 1.99. The summed E-state index contributed by atoms with van der Waals surface area (Å²) in [4.78, 5) is 10.8. The molecule has 0 amide bonds. The number of benzene rings is 1. The van der Waals surface area contributed by atoms with Gasteiger partial charge in [0.2, 0.25) is 0 Å². The zero-order valence-corrected chi connectivity index (χ0v) is 7.56. The van der Waals surface area contributed by atoms with Gasteiger partial charge in [-0.1, -0.05) is 0 Å². The summed E-state index contributed by atoms with van der Waals surface area (Å²) >= 11 is 0. The van der Waals surface area contributed by atoms with Crippen molar-refractivity contribution in [1.82, 2.24) is 0 Å². The molecule has 1 aromatic rings. The fourth-order valence-corrected chi connectivity index (χ4v) is 0.959. The van der Waals surface area contributed by atoms with Crippen molar-refractivity contribution in [3.8, 4) is 5.75 Å². The molecular formula is C9H6F4O2. The highest BCUT2D eigenvalue weighted by Gasteiger charge is 2.31. The maximum Gasteiger partial charge on any atom is 0.573 e. The van der Waals surface area contributed by atoms with E-state index >= 15 is 0 Å². The van der Waals surface area contributed by atoms with E-state index in [0.29, 0.717) is 6.07 Å². The van der Waals surface area contributed by atoms with E-state index in [1.807, 2.05) is 0 Å². The molecule has 82 valence electrons. The fourth-order valence-electron chi connectivity index (χ4n) is 0.959. The summed E-state index contributed by atoms with van der Waals surface area (Å²) in [6.07, 6.45) is -4.90. The molecule has 1 rings (SSSR count). The summed E-state index contributed by atoms with van der Waals surface area (Å²) in [5.74, 6) is -2.24. The number of carbonyl (C=O) groups excluding carboxylic acids is 1. The molecule has 0 fully saturated rings. The van der Waals surface area contributed by atoms with Crippen molar-refractivity contribution in [3.05, 3.63) is 29.6 Å². The van der Waals surface area contributed by atoms with Crippen molar-refractivity contribution in [2.45, 2.75) is 13.3 Å². The normalized spacial score (nSPS) is 11.3. The Labute approximate surface area is 82.5 Å². The van der Waals surface area contributed by atoms with Gasteiger partial charge < -0.3 is 4.74 Å². The Balaban J connectivity index is 3.04. The van der Waals surface area contributed by atoms with Crippen molar-refractivity contribution in [2.75, 3.05) is 0 Å². The van der Waals surface area contributed by atoms with Crippen LogP contribution in [0.25, 0.3) is 0 Å². The monoisotopic (exact) mass is 222 g/mol. The summed E-state index contributed by atoms with van der Waals surface area (Å²) in [7, 11) is 0. The minimum absolute atomic E-state index is 0.172. The van der Waals surface area contributed by atoms with E-state index in [1.165, 1.54) is 0 Å². The lowest BCUT2D eigenvalue weighted by Gasteiger charge is -2.09. The Morgan fingerprint density at radius 2 is 1.87 bits per heavy atom. The predicted octanol–water partition coefficient (Wildman–Crippen LogP) is 2.93. The van der Waals surface area contributed by atoms with Crippen molar-refractivity contribution in [1.29, 1.82) is 0 Å². The Morgan fingerprint density at radius 1 is 1.27 bits per heavy atom. The third-order valence-corrected chi connectivity index (χ3v) is 1.51. The number of ether oxygens (including phenoxy) is 1. The van der Waals surface area contributed by atoms with E-state index in [-0.39, 0.29) is 5.56 Å². The molecule has 1 aromatic carbocycles. The van der Waals surface area contributed by atoms with Gasteiger partial charge in [0.05, 0.1) is 0 Å². The van der Waals surface area contributed by atoms with Gasteiger partial charge in [0.1, 0.15) is 11.6 Å². The van der Waals surface area contributed by atoms with E-state index in [4.69, 9.17) is 0 Å². The molecule has 0 unspecified atom stereocenters. The fraction of sp³-hybridized carbons (Fsp3) is 0.222. The topological polar surface area (TPSA) is 26.3 Å². The van der Waals surface area contributed by atoms with Gasteiger partial charge in [0.15, 0.2) is 5.78 Å². The van der Waals surface area contributed by atoms with Gasteiger partial charge in [0, 0.05) is 11.6 Å². The molecule has 0 bridgehead atoms. The van der Waals surface area contributed by atoms with Gasteiger partial charge in [-0.3, -0.25) is 4.79 Å². The first-order valence-corrected chi connectivity index (χ1v) is 3.85. The van der Waals surface area contributed by atoms with Crippen molar-refractivity contribution < 1.29 is 27.1 Å². The summed E-state index contributed by atoms with van der Waals surface area (Å²) < 4.78 is 51.6. The maximum absolute atomic E-state index is 12.8. The number of ketones is 1. The van der Waals surface area contributed by atoms with Gasteiger partial charge in [0.25, 0.3) is 0 Å². The van der Waals surface area contributed by atoms with Crippen LogP contribution < -0.4 is 4.74 Å². The van der Waals surface area contributed by atoms with Crippen LogP contribution in [0.1, 0.15) is 17.3 Å². The minimum atomic E-state index is -4.90. The van der Waals surface area contributed by atoms with Crippen molar-refractivity contribution in [2.24, 2.45) is 0 Å². The molecule has 6 heteroatoms. The Morgan fingerprint density at radius 3 is 2.33 bits per heavy atom. The number of rotatable bonds is 2. The highest BCUT2D eigenvalue weighted by atomic mass is 19.4. The smallest absolute Gasteiger partial charge is 0.406 e. The van der Waals surface area contributed by atoms with Crippen LogP contribution in [0.2, 0.25) is 0 Å². The lowest BCUT2D eigenvalue weighted by atomic mass is 10.1. The SMILES string of the molecule is CC(=O)c1cc(F)cc(OC(F)(F)F)c1. The molecule has 15 heavy (non-hydrogen) atoms. The van der Waals surface area contributed by atoms with E-state index in [0.717, 1.165) is 19.1 Å². The lowest BCUT2D eigenvalue weighted by Crippen LogP contribution is -2.17. The third kappa shape index (κ3) is 3.57. The molecule has 0 radical (unpaired) electrons. The second-order valence-electron chi connectivity index (χ2n) is 2.78. The molecule has 0 aliphatic rings. The number of hydrogen-bond donors (Lipinski definition) is 0.